The number of quaternary nitrogens is 1. The van der Waals surface area contributed by atoms with Crippen LogP contribution in [0.25, 0.3) is 0 Å². The molecule has 0 saturated carbocycles. The van der Waals surface area contributed by atoms with Gasteiger partial charge in [0.15, 0.2) is 0 Å². The van der Waals surface area contributed by atoms with Crippen LogP contribution in [0.1, 0.15) is 123 Å². The third-order valence-electron chi connectivity index (χ3n) is 4.38. The summed E-state index contributed by atoms with van der Waals surface area (Å²) in [5.41, 5.74) is 8.71. The second-order valence-corrected chi connectivity index (χ2v) is 7.24. The number of rotatable bonds is 17. The number of hydrogen-bond donors (Lipinski definition) is 2. The Morgan fingerprint density at radius 2 is 0.964 bits per heavy atom. The van der Waals surface area contributed by atoms with Gasteiger partial charge >= 0.3 is 0 Å². The molecule has 0 rings (SSSR count). The molecule has 0 aliphatic rings. The highest BCUT2D eigenvalue weighted by atomic mass is 16.9. The van der Waals surface area contributed by atoms with E-state index in [4.69, 9.17) is 21.1 Å². The summed E-state index contributed by atoms with van der Waals surface area (Å²) in [5.74, 6) is -0.153. The predicted octanol–water partition coefficient (Wildman–Crippen LogP) is 5.13. The van der Waals surface area contributed by atoms with Gasteiger partial charge in [0.05, 0.1) is 11.6 Å². The monoisotopic (exact) mass is 405 g/mol. The molecule has 7 nitrogen and oxygen atoms in total. The van der Waals surface area contributed by atoms with Gasteiger partial charge in [-0.15, -0.1) is 0 Å². The van der Waals surface area contributed by atoms with Crippen LogP contribution in [-0.2, 0) is 4.79 Å². The number of nitrogens with two attached hydrogens (primary N) is 1. The highest BCUT2D eigenvalue weighted by Gasteiger charge is 1.96. The lowest BCUT2D eigenvalue weighted by Gasteiger charge is -2.03. The number of unbranched alkanes of at least 4 members (excludes halogenated alkanes) is 14. The van der Waals surface area contributed by atoms with Crippen molar-refractivity contribution in [2.45, 2.75) is 123 Å². The van der Waals surface area contributed by atoms with E-state index in [9.17, 15) is 4.79 Å². The molecule has 0 radical (unpaired) electrons. The van der Waals surface area contributed by atoms with Crippen molar-refractivity contribution in [2.24, 2.45) is 5.73 Å². The van der Waals surface area contributed by atoms with Crippen molar-refractivity contribution >= 4 is 5.91 Å². The van der Waals surface area contributed by atoms with Gasteiger partial charge in [-0.3, -0.25) is 4.79 Å². The van der Waals surface area contributed by atoms with E-state index in [1.54, 1.807) is 0 Å². The Morgan fingerprint density at radius 1 is 0.714 bits per heavy atom. The molecule has 0 unspecified atom stereocenters. The maximum absolute atomic E-state index is 10.6. The minimum Gasteiger partial charge on any atom is -0.370 e. The molecule has 0 saturated heterocycles. The summed E-state index contributed by atoms with van der Waals surface area (Å²) in [6.45, 7) is 5.46. The molecule has 170 valence electrons. The quantitative estimate of drug-likeness (QED) is 0.197. The molecule has 0 aliphatic carbocycles. The Hall–Kier alpha value is -1.37. The zero-order valence-corrected chi connectivity index (χ0v) is 18.6. The molecule has 7 heteroatoms. The van der Waals surface area contributed by atoms with Gasteiger partial charge in [0.1, 0.15) is 0 Å². The largest absolute Gasteiger partial charge is 0.370 e. The maximum Gasteiger partial charge on any atom is 0.217 e. The van der Waals surface area contributed by atoms with Crippen LogP contribution in [0.5, 0.6) is 0 Å². The number of carbonyl (C=O) groups excluding carboxylic acids is 1. The summed E-state index contributed by atoms with van der Waals surface area (Å²) >= 11 is 0. The highest BCUT2D eigenvalue weighted by molar-refractivity contribution is 5.73. The lowest BCUT2D eigenvalue weighted by atomic mass is 10.0. The van der Waals surface area contributed by atoms with Crippen molar-refractivity contribution in [3.63, 3.8) is 0 Å². The van der Waals surface area contributed by atoms with E-state index in [2.05, 4.69) is 19.6 Å². The first-order valence-electron chi connectivity index (χ1n) is 11.3. The standard InChI is InChI=1S/C18H37NO.C3H9N.NO3/c1-2-3-4-5-6-7-8-9-10-11-12-13-14-15-16-17-18(19)20;1-2-3-4;2-1(3)4/h2-17H2,1H3,(H2,19,20);2-4H2,1H3;/q;;-1/p+1. The van der Waals surface area contributed by atoms with Crippen LogP contribution in [0.2, 0.25) is 0 Å². The van der Waals surface area contributed by atoms with Crippen molar-refractivity contribution in [2.75, 3.05) is 6.54 Å². The number of nitrogens with zero attached hydrogens (tertiary/aromatic N) is 1. The number of primary amides is 1. The molecule has 0 spiro atoms. The van der Waals surface area contributed by atoms with Crippen molar-refractivity contribution < 1.29 is 15.6 Å². The molecule has 0 aromatic heterocycles. The summed E-state index contributed by atoms with van der Waals surface area (Å²) in [7, 11) is 0. The fourth-order valence-electron chi connectivity index (χ4n) is 2.67. The summed E-state index contributed by atoms with van der Waals surface area (Å²) in [5, 5.41) is 14.8. The number of carbonyl (C=O) groups is 1. The number of hydrogen-bond acceptors (Lipinski definition) is 4. The fraction of sp³-hybridized carbons (Fsp3) is 0.952. The van der Waals surface area contributed by atoms with E-state index < -0.39 is 5.09 Å². The van der Waals surface area contributed by atoms with Gasteiger partial charge in [-0.05, 0) is 12.8 Å². The molecule has 0 aromatic rings. The SMILES string of the molecule is CCCCCCCCCCCCCCCCCC(N)=O.CCC[NH3+].O=[N+]([O-])[O-]. The van der Waals surface area contributed by atoms with E-state index in [0.29, 0.717) is 6.42 Å². The van der Waals surface area contributed by atoms with Crippen LogP contribution in [-0.4, -0.2) is 17.5 Å². The lowest BCUT2D eigenvalue weighted by Crippen LogP contribution is -2.49. The van der Waals surface area contributed by atoms with Crippen molar-refractivity contribution in [3.8, 4) is 0 Å². The molecule has 0 atom stereocenters. The zero-order valence-electron chi connectivity index (χ0n) is 18.6. The van der Waals surface area contributed by atoms with Crippen molar-refractivity contribution in [1.82, 2.24) is 0 Å². The maximum atomic E-state index is 10.6. The van der Waals surface area contributed by atoms with Crippen LogP contribution in [0.15, 0.2) is 0 Å². The molecule has 0 aromatic carbocycles. The van der Waals surface area contributed by atoms with Gasteiger partial charge < -0.3 is 26.8 Å². The zero-order chi connectivity index (χ0) is 21.9. The number of amides is 1. The van der Waals surface area contributed by atoms with Gasteiger partial charge in [0, 0.05) is 6.42 Å². The molecule has 1 amide bonds. The third kappa shape index (κ3) is 49.7. The average Bonchev–Trinajstić information content (AvgIpc) is 2.64. The van der Waals surface area contributed by atoms with Crippen LogP contribution < -0.4 is 11.5 Å². The summed E-state index contributed by atoms with van der Waals surface area (Å²) in [6.07, 6.45) is 22.1. The highest BCUT2D eigenvalue weighted by Crippen LogP contribution is 2.13. The van der Waals surface area contributed by atoms with Crippen molar-refractivity contribution in [1.29, 1.82) is 0 Å². The van der Waals surface area contributed by atoms with Crippen LogP contribution >= 0.6 is 0 Å². The first-order valence-corrected chi connectivity index (χ1v) is 11.3. The smallest absolute Gasteiger partial charge is 0.217 e. The second-order valence-electron chi connectivity index (χ2n) is 7.24. The van der Waals surface area contributed by atoms with Crippen LogP contribution in [0.4, 0.5) is 0 Å². The van der Waals surface area contributed by atoms with E-state index in [0.717, 1.165) is 13.0 Å². The van der Waals surface area contributed by atoms with Gasteiger partial charge in [0.25, 0.3) is 0 Å². The Morgan fingerprint density at radius 3 is 1.18 bits per heavy atom. The molecule has 28 heavy (non-hydrogen) atoms. The summed E-state index contributed by atoms with van der Waals surface area (Å²) in [6, 6.07) is 0. The van der Waals surface area contributed by atoms with Gasteiger partial charge in [-0.25, -0.2) is 0 Å². The third-order valence-corrected chi connectivity index (χ3v) is 4.38. The van der Waals surface area contributed by atoms with Gasteiger partial charge in [-0.1, -0.05) is 104 Å². The minimum absolute atomic E-state index is 0.153. The molecule has 0 aliphatic heterocycles. The lowest BCUT2D eigenvalue weighted by molar-refractivity contribution is -0.402. The van der Waals surface area contributed by atoms with E-state index in [1.165, 1.54) is 96.3 Å². The molecule has 5 N–H and O–H groups in total. The fourth-order valence-corrected chi connectivity index (χ4v) is 2.67. The Balaban J connectivity index is -0.000000656. The topological polar surface area (TPSA) is 137 Å². The Kier molecular flexibility index (Phi) is 34.0. The predicted molar refractivity (Wildman–Crippen MR) is 117 cm³/mol. The second kappa shape index (κ2) is 30.4. The summed E-state index contributed by atoms with van der Waals surface area (Å²) in [4.78, 5) is 18.8. The molecular formula is C21H47N3O4. The van der Waals surface area contributed by atoms with E-state index >= 15 is 0 Å². The Labute approximate surface area is 172 Å². The molecular weight excluding hydrogens is 358 g/mol. The Bertz CT molecular complexity index is 310. The first kappa shape index (κ1) is 31.3. The van der Waals surface area contributed by atoms with Gasteiger partial charge in [0.2, 0.25) is 5.91 Å². The average molecular weight is 406 g/mol. The summed E-state index contributed by atoms with van der Waals surface area (Å²) < 4.78 is 0. The first-order chi connectivity index (χ1) is 13.4. The van der Waals surface area contributed by atoms with E-state index in [1.807, 2.05) is 0 Å². The van der Waals surface area contributed by atoms with Gasteiger partial charge in [-0.2, -0.15) is 0 Å². The molecule has 0 heterocycles. The van der Waals surface area contributed by atoms with Crippen molar-refractivity contribution in [3.05, 3.63) is 15.3 Å². The van der Waals surface area contributed by atoms with Crippen LogP contribution in [0, 0.1) is 15.3 Å². The molecule has 0 fully saturated rings. The normalized spacial score (nSPS) is 9.68. The van der Waals surface area contributed by atoms with Crippen LogP contribution in [0.3, 0.4) is 0 Å². The van der Waals surface area contributed by atoms with E-state index in [-0.39, 0.29) is 5.91 Å². The molecule has 0 bridgehead atoms. The minimum atomic E-state index is -1.75.